The lowest BCUT2D eigenvalue weighted by Crippen LogP contribution is -2.36. The molecule has 30 heavy (non-hydrogen) atoms. The minimum Gasteiger partial charge on any atom is -0.508 e. The van der Waals surface area contributed by atoms with Crippen molar-refractivity contribution < 1.29 is 23.1 Å². The summed E-state index contributed by atoms with van der Waals surface area (Å²) in [6, 6.07) is 10.3. The molecule has 0 radical (unpaired) electrons. The van der Waals surface area contributed by atoms with E-state index in [9.17, 15) is 23.1 Å². The van der Waals surface area contributed by atoms with Crippen molar-refractivity contribution in [2.45, 2.75) is 24.7 Å². The Balaban J connectivity index is 1.69. The zero-order valence-corrected chi connectivity index (χ0v) is 16.9. The Morgan fingerprint density at radius 3 is 2.63 bits per heavy atom. The molecule has 2 heterocycles. The summed E-state index contributed by atoms with van der Waals surface area (Å²) in [5, 5.41) is 19.0. The van der Waals surface area contributed by atoms with Crippen LogP contribution in [-0.2, 0) is 0 Å². The van der Waals surface area contributed by atoms with Crippen molar-refractivity contribution in [3.05, 3.63) is 70.3 Å². The molecular formula is C20H16BrF3N4O2. The summed E-state index contributed by atoms with van der Waals surface area (Å²) < 4.78 is 42.9. The molecule has 0 fully saturated rings. The van der Waals surface area contributed by atoms with Gasteiger partial charge < -0.3 is 15.7 Å². The third kappa shape index (κ3) is 4.00. The van der Waals surface area contributed by atoms with Crippen molar-refractivity contribution in [1.82, 2.24) is 9.78 Å². The SMILES string of the molecule is O=C(Nc1cccc(O)c1)c1cnn2c1N[C@@H](c1ccc(Br)cc1)C[C@H]2C(F)(F)F. The van der Waals surface area contributed by atoms with Crippen LogP contribution in [0.5, 0.6) is 5.75 Å². The highest BCUT2D eigenvalue weighted by atomic mass is 79.9. The second kappa shape index (κ2) is 7.67. The highest BCUT2D eigenvalue weighted by molar-refractivity contribution is 9.10. The lowest BCUT2D eigenvalue weighted by Gasteiger charge is -2.34. The number of amides is 1. The number of carbonyl (C=O) groups excluding carboxylic acids is 1. The van der Waals surface area contributed by atoms with Gasteiger partial charge in [-0.25, -0.2) is 4.68 Å². The first kappa shape index (κ1) is 20.3. The molecule has 2 atom stereocenters. The van der Waals surface area contributed by atoms with Crippen molar-refractivity contribution >= 4 is 33.3 Å². The topological polar surface area (TPSA) is 79.2 Å². The van der Waals surface area contributed by atoms with E-state index in [2.05, 4.69) is 31.7 Å². The number of hydrogen-bond acceptors (Lipinski definition) is 4. The first-order valence-corrected chi connectivity index (χ1v) is 9.78. The molecule has 4 rings (SSSR count). The van der Waals surface area contributed by atoms with Crippen molar-refractivity contribution in [3.8, 4) is 5.75 Å². The van der Waals surface area contributed by atoms with Gasteiger partial charge >= 0.3 is 6.18 Å². The summed E-state index contributed by atoms with van der Waals surface area (Å²) in [5.74, 6) is -0.684. The van der Waals surface area contributed by atoms with Gasteiger partial charge in [-0.05, 0) is 29.8 Å². The van der Waals surface area contributed by atoms with E-state index in [4.69, 9.17) is 0 Å². The van der Waals surface area contributed by atoms with Crippen molar-refractivity contribution in [2.24, 2.45) is 0 Å². The van der Waals surface area contributed by atoms with Crippen LogP contribution in [0.4, 0.5) is 24.7 Å². The summed E-state index contributed by atoms with van der Waals surface area (Å²) in [7, 11) is 0. The number of hydrogen-bond donors (Lipinski definition) is 3. The van der Waals surface area contributed by atoms with E-state index in [1.807, 2.05) is 0 Å². The second-order valence-corrected chi connectivity index (χ2v) is 7.81. The first-order chi connectivity index (χ1) is 14.2. The van der Waals surface area contributed by atoms with E-state index in [-0.39, 0.29) is 23.6 Å². The van der Waals surface area contributed by atoms with Crippen LogP contribution >= 0.6 is 15.9 Å². The molecule has 0 saturated carbocycles. The van der Waals surface area contributed by atoms with Gasteiger partial charge in [0, 0.05) is 22.6 Å². The van der Waals surface area contributed by atoms with Gasteiger partial charge in [0.2, 0.25) is 0 Å². The highest BCUT2D eigenvalue weighted by Crippen LogP contribution is 2.44. The number of alkyl halides is 3. The Labute approximate surface area is 177 Å². The minimum absolute atomic E-state index is 0.00542. The molecule has 3 N–H and O–H groups in total. The number of phenols is 1. The Morgan fingerprint density at radius 2 is 1.97 bits per heavy atom. The fraction of sp³-hybridized carbons (Fsp3) is 0.200. The van der Waals surface area contributed by atoms with Gasteiger partial charge in [0.15, 0.2) is 6.04 Å². The van der Waals surface area contributed by atoms with Crippen LogP contribution in [0.15, 0.2) is 59.2 Å². The van der Waals surface area contributed by atoms with E-state index in [0.717, 1.165) is 15.4 Å². The molecule has 0 saturated heterocycles. The molecule has 6 nitrogen and oxygen atoms in total. The van der Waals surface area contributed by atoms with Crippen LogP contribution in [0.2, 0.25) is 0 Å². The Morgan fingerprint density at radius 1 is 1.23 bits per heavy atom. The summed E-state index contributed by atoms with van der Waals surface area (Å²) >= 11 is 3.31. The first-order valence-electron chi connectivity index (χ1n) is 8.99. The number of fused-ring (bicyclic) bond motifs is 1. The maximum absolute atomic E-state index is 13.8. The van der Waals surface area contributed by atoms with E-state index in [0.29, 0.717) is 11.3 Å². The molecule has 10 heteroatoms. The van der Waals surface area contributed by atoms with Gasteiger partial charge in [0.05, 0.1) is 12.2 Å². The molecule has 156 valence electrons. The molecule has 1 aromatic heterocycles. The molecule has 0 aliphatic carbocycles. The van der Waals surface area contributed by atoms with Crippen molar-refractivity contribution in [1.29, 1.82) is 0 Å². The quantitative estimate of drug-likeness (QED) is 0.477. The monoisotopic (exact) mass is 480 g/mol. The predicted octanol–water partition coefficient (Wildman–Crippen LogP) is 5.26. The van der Waals surface area contributed by atoms with Gasteiger partial charge in [0.1, 0.15) is 17.1 Å². The Kier molecular flexibility index (Phi) is 5.19. The van der Waals surface area contributed by atoms with E-state index in [1.54, 1.807) is 36.4 Å². The molecule has 1 aliphatic heterocycles. The van der Waals surface area contributed by atoms with E-state index < -0.39 is 24.2 Å². The predicted molar refractivity (Wildman–Crippen MR) is 109 cm³/mol. The van der Waals surface area contributed by atoms with Gasteiger partial charge in [0.25, 0.3) is 5.91 Å². The number of anilines is 2. The van der Waals surface area contributed by atoms with Crippen LogP contribution in [0, 0.1) is 0 Å². The Hall–Kier alpha value is -3.01. The van der Waals surface area contributed by atoms with Crippen molar-refractivity contribution in [2.75, 3.05) is 10.6 Å². The number of carbonyl (C=O) groups is 1. The largest absolute Gasteiger partial charge is 0.508 e. The fourth-order valence-corrected chi connectivity index (χ4v) is 3.69. The van der Waals surface area contributed by atoms with Crippen LogP contribution in [0.1, 0.15) is 34.4 Å². The second-order valence-electron chi connectivity index (χ2n) is 6.90. The molecule has 3 aromatic rings. The third-order valence-electron chi connectivity index (χ3n) is 4.86. The lowest BCUT2D eigenvalue weighted by molar-refractivity contribution is -0.173. The number of aromatic nitrogens is 2. The fourth-order valence-electron chi connectivity index (χ4n) is 3.42. The molecule has 2 aromatic carbocycles. The average molecular weight is 481 g/mol. The lowest BCUT2D eigenvalue weighted by atomic mass is 9.96. The molecule has 0 spiro atoms. The summed E-state index contributed by atoms with van der Waals surface area (Å²) in [5.41, 5.74) is 0.959. The molecule has 0 bridgehead atoms. The number of benzene rings is 2. The number of aromatic hydroxyl groups is 1. The highest BCUT2D eigenvalue weighted by Gasteiger charge is 2.47. The zero-order chi connectivity index (χ0) is 21.5. The van der Waals surface area contributed by atoms with Crippen LogP contribution in [0.3, 0.4) is 0 Å². The van der Waals surface area contributed by atoms with Gasteiger partial charge in [-0.15, -0.1) is 0 Å². The molecular weight excluding hydrogens is 465 g/mol. The normalized spacial score (nSPS) is 18.4. The number of halogens is 4. The van der Waals surface area contributed by atoms with E-state index in [1.165, 1.54) is 12.1 Å². The molecule has 1 amide bonds. The maximum atomic E-state index is 13.8. The standard InChI is InChI=1S/C20H16BrF3N4O2/c21-12-6-4-11(5-7-12)16-9-17(20(22,23)24)28-18(27-16)15(10-25-28)19(30)26-13-2-1-3-14(29)8-13/h1-8,10,16-17,27,29H,9H2,(H,26,30)/t16-,17+/m1/s1. The van der Waals surface area contributed by atoms with Gasteiger partial charge in [-0.2, -0.15) is 18.3 Å². The number of nitrogens with one attached hydrogen (secondary N) is 2. The van der Waals surface area contributed by atoms with Crippen LogP contribution in [0.25, 0.3) is 0 Å². The summed E-state index contributed by atoms with van der Waals surface area (Å²) in [6.45, 7) is 0. The van der Waals surface area contributed by atoms with E-state index >= 15 is 0 Å². The molecule has 1 aliphatic rings. The summed E-state index contributed by atoms with van der Waals surface area (Å²) in [4.78, 5) is 12.7. The number of phenolic OH excluding ortho intramolecular Hbond substituents is 1. The third-order valence-corrected chi connectivity index (χ3v) is 5.39. The number of nitrogens with zero attached hydrogens (tertiary/aromatic N) is 2. The maximum Gasteiger partial charge on any atom is 0.410 e. The van der Waals surface area contributed by atoms with Gasteiger partial charge in [-0.1, -0.05) is 34.1 Å². The van der Waals surface area contributed by atoms with Crippen LogP contribution < -0.4 is 10.6 Å². The summed E-state index contributed by atoms with van der Waals surface area (Å²) in [6.07, 6.45) is -3.67. The Bertz CT molecular complexity index is 1080. The zero-order valence-electron chi connectivity index (χ0n) is 15.3. The van der Waals surface area contributed by atoms with Crippen molar-refractivity contribution in [3.63, 3.8) is 0 Å². The van der Waals surface area contributed by atoms with Crippen LogP contribution in [-0.4, -0.2) is 27.0 Å². The molecule has 0 unspecified atom stereocenters. The average Bonchev–Trinajstić information content (AvgIpc) is 3.11. The van der Waals surface area contributed by atoms with Gasteiger partial charge in [-0.3, -0.25) is 4.79 Å². The minimum atomic E-state index is -4.53. The number of rotatable bonds is 3. The smallest absolute Gasteiger partial charge is 0.410 e.